The second kappa shape index (κ2) is 10.1. The molecule has 1 aliphatic rings. The number of amides is 2. The van der Waals surface area contributed by atoms with Crippen LogP contribution in [0.5, 0.6) is 11.5 Å². The van der Waals surface area contributed by atoms with Crippen molar-refractivity contribution in [1.29, 1.82) is 0 Å². The molecule has 1 saturated heterocycles. The van der Waals surface area contributed by atoms with E-state index in [1.165, 1.54) is 6.07 Å². The summed E-state index contributed by atoms with van der Waals surface area (Å²) in [5, 5.41) is 4.24. The van der Waals surface area contributed by atoms with Gasteiger partial charge in [0, 0.05) is 24.8 Å². The van der Waals surface area contributed by atoms with E-state index in [4.69, 9.17) is 4.74 Å². The van der Waals surface area contributed by atoms with Gasteiger partial charge in [-0.1, -0.05) is 6.07 Å². The van der Waals surface area contributed by atoms with Gasteiger partial charge >= 0.3 is 12.2 Å². The van der Waals surface area contributed by atoms with Gasteiger partial charge in [0.25, 0.3) is 0 Å². The first kappa shape index (κ1) is 25.2. The van der Waals surface area contributed by atoms with Crippen molar-refractivity contribution in [3.05, 3.63) is 78.0 Å². The molecule has 2 N–H and O–H groups in total. The maximum atomic E-state index is 14.8. The third kappa shape index (κ3) is 5.43. The second-order valence-electron chi connectivity index (χ2n) is 8.57. The summed E-state index contributed by atoms with van der Waals surface area (Å²) in [5.74, 6) is -2.28. The summed E-state index contributed by atoms with van der Waals surface area (Å²) < 4.78 is 73.6. The first-order valence-corrected chi connectivity index (χ1v) is 11.6. The highest BCUT2D eigenvalue weighted by atomic mass is 19.4. The maximum absolute atomic E-state index is 14.8. The normalized spacial score (nSPS) is 13.6. The van der Waals surface area contributed by atoms with Crippen molar-refractivity contribution >= 4 is 34.3 Å². The van der Waals surface area contributed by atoms with E-state index in [1.54, 1.807) is 24.4 Å². The Kier molecular flexibility index (Phi) is 6.70. The number of halogens is 5. The molecule has 7 nitrogen and oxygen atoms in total. The summed E-state index contributed by atoms with van der Waals surface area (Å²) >= 11 is 0. The van der Waals surface area contributed by atoms with E-state index in [9.17, 15) is 26.7 Å². The zero-order valence-electron chi connectivity index (χ0n) is 19.6. The fourth-order valence-electron chi connectivity index (χ4n) is 4.04. The Morgan fingerprint density at radius 1 is 0.921 bits per heavy atom. The number of carbonyl (C=O) groups is 1. The van der Waals surface area contributed by atoms with Crippen LogP contribution in [0.1, 0.15) is 18.4 Å². The number of rotatable bonds is 5. The lowest BCUT2D eigenvalue weighted by molar-refractivity contribution is -0.137. The first-order valence-electron chi connectivity index (χ1n) is 11.6. The molecule has 4 aromatic rings. The molecular formula is C26H20F5N5O2. The van der Waals surface area contributed by atoms with Crippen molar-refractivity contribution < 1.29 is 31.5 Å². The minimum atomic E-state index is -4.60. The van der Waals surface area contributed by atoms with Gasteiger partial charge in [0.15, 0.2) is 11.6 Å². The van der Waals surface area contributed by atoms with Crippen LogP contribution < -0.4 is 20.3 Å². The molecule has 12 heteroatoms. The Labute approximate surface area is 213 Å². The van der Waals surface area contributed by atoms with E-state index in [0.29, 0.717) is 11.0 Å². The summed E-state index contributed by atoms with van der Waals surface area (Å²) in [6.07, 6.45) is -0.762. The van der Waals surface area contributed by atoms with Crippen molar-refractivity contribution in [3.63, 3.8) is 0 Å². The number of aromatic nitrogens is 2. The van der Waals surface area contributed by atoms with Crippen molar-refractivity contribution in [2.45, 2.75) is 19.0 Å². The third-order valence-electron chi connectivity index (χ3n) is 5.90. The number of hydrogen-bond donors (Lipinski definition) is 2. The fourth-order valence-corrected chi connectivity index (χ4v) is 4.04. The molecule has 196 valence electrons. The standard InChI is InChI=1S/C26H20F5N5O2/c27-23-19(35-25(37)33-16-5-3-4-15(12-16)26(29,30)31)8-9-21(24(23)28)38-17-6-7-18-20(13-17)34-22(14-32-18)36-10-1-2-11-36/h3-9,12-14H,1-2,10-11H2,(H2,33,35,37). The molecule has 3 aromatic carbocycles. The molecule has 1 fully saturated rings. The van der Waals surface area contributed by atoms with Crippen LogP contribution in [-0.2, 0) is 6.18 Å². The number of fused-ring (bicyclic) bond motifs is 1. The topological polar surface area (TPSA) is 79.4 Å². The molecule has 2 heterocycles. The van der Waals surface area contributed by atoms with Gasteiger partial charge < -0.3 is 20.3 Å². The lowest BCUT2D eigenvalue weighted by Crippen LogP contribution is -2.20. The van der Waals surface area contributed by atoms with Gasteiger partial charge in [0.1, 0.15) is 11.6 Å². The number of benzene rings is 3. The highest BCUT2D eigenvalue weighted by molar-refractivity contribution is 5.99. The number of ether oxygens (including phenoxy) is 1. The molecule has 1 aromatic heterocycles. The van der Waals surface area contributed by atoms with Crippen molar-refractivity contribution in [2.24, 2.45) is 0 Å². The Bertz CT molecular complexity index is 1510. The molecule has 38 heavy (non-hydrogen) atoms. The molecule has 5 rings (SSSR count). The molecule has 0 aliphatic carbocycles. The molecule has 0 saturated carbocycles. The number of hydrogen-bond acceptors (Lipinski definition) is 5. The van der Waals surface area contributed by atoms with Crippen molar-refractivity contribution in [1.82, 2.24) is 9.97 Å². The van der Waals surface area contributed by atoms with Crippen molar-refractivity contribution in [3.8, 4) is 11.5 Å². The van der Waals surface area contributed by atoms with E-state index in [2.05, 4.69) is 25.5 Å². The van der Waals surface area contributed by atoms with Gasteiger partial charge in [-0.2, -0.15) is 17.6 Å². The third-order valence-corrected chi connectivity index (χ3v) is 5.90. The number of carbonyl (C=O) groups excluding carboxylic acids is 1. The van der Waals surface area contributed by atoms with Gasteiger partial charge in [0.05, 0.1) is 28.5 Å². The molecule has 0 atom stereocenters. The van der Waals surface area contributed by atoms with Gasteiger partial charge in [-0.15, -0.1) is 0 Å². The largest absolute Gasteiger partial charge is 0.454 e. The van der Waals surface area contributed by atoms with E-state index in [1.807, 2.05) is 0 Å². The highest BCUT2D eigenvalue weighted by Crippen LogP contribution is 2.33. The van der Waals surface area contributed by atoms with Crippen LogP contribution in [0.15, 0.2) is 60.8 Å². The van der Waals surface area contributed by atoms with Crippen molar-refractivity contribution in [2.75, 3.05) is 28.6 Å². The summed E-state index contributed by atoms with van der Waals surface area (Å²) in [6, 6.07) is 9.78. The van der Waals surface area contributed by atoms with Gasteiger partial charge in [-0.25, -0.2) is 14.2 Å². The van der Waals surface area contributed by atoms with Gasteiger partial charge in [0.2, 0.25) is 5.82 Å². The van der Waals surface area contributed by atoms with E-state index in [-0.39, 0.29) is 11.4 Å². The molecule has 0 spiro atoms. The molecule has 0 radical (unpaired) electrons. The highest BCUT2D eigenvalue weighted by Gasteiger charge is 2.30. The quantitative estimate of drug-likeness (QED) is 0.273. The zero-order valence-corrected chi connectivity index (χ0v) is 19.6. The van der Waals surface area contributed by atoms with E-state index in [0.717, 1.165) is 62.1 Å². The summed E-state index contributed by atoms with van der Waals surface area (Å²) in [7, 11) is 0. The summed E-state index contributed by atoms with van der Waals surface area (Å²) in [6.45, 7) is 1.78. The molecule has 1 aliphatic heterocycles. The summed E-state index contributed by atoms with van der Waals surface area (Å²) in [5.41, 5.74) is -0.541. The SMILES string of the molecule is O=C(Nc1cccc(C(F)(F)F)c1)Nc1ccc(Oc2ccc3ncc(N4CCCC4)nc3c2)c(F)c1F. The zero-order chi connectivity index (χ0) is 26.9. The van der Waals surface area contributed by atoms with E-state index >= 15 is 0 Å². The maximum Gasteiger partial charge on any atom is 0.416 e. The molecular weight excluding hydrogens is 509 g/mol. The minimum Gasteiger partial charge on any atom is -0.454 e. The Morgan fingerprint density at radius 3 is 2.47 bits per heavy atom. The van der Waals surface area contributed by atoms with Crippen LogP contribution in [-0.4, -0.2) is 29.1 Å². The van der Waals surface area contributed by atoms with Crippen LogP contribution in [0.4, 0.5) is 43.9 Å². The number of alkyl halides is 3. The predicted octanol–water partition coefficient (Wildman–Crippen LogP) is 6.96. The Morgan fingerprint density at radius 2 is 1.71 bits per heavy atom. The van der Waals surface area contributed by atoms with E-state index < -0.39 is 40.8 Å². The number of nitrogens with zero attached hydrogens (tertiary/aromatic N) is 3. The molecule has 0 unspecified atom stereocenters. The lowest BCUT2D eigenvalue weighted by Gasteiger charge is -2.16. The first-order chi connectivity index (χ1) is 18.2. The average molecular weight is 529 g/mol. The number of anilines is 3. The van der Waals surface area contributed by atoms with Gasteiger partial charge in [-0.05, 0) is 55.3 Å². The fraction of sp³-hybridized carbons (Fsp3) is 0.192. The Hall–Kier alpha value is -4.48. The van der Waals surface area contributed by atoms with Crippen LogP contribution in [0.25, 0.3) is 11.0 Å². The average Bonchev–Trinajstić information content (AvgIpc) is 3.43. The second-order valence-corrected chi connectivity index (χ2v) is 8.57. The van der Waals surface area contributed by atoms with Crippen LogP contribution in [0.3, 0.4) is 0 Å². The number of urea groups is 1. The van der Waals surface area contributed by atoms with Crippen LogP contribution >= 0.6 is 0 Å². The monoisotopic (exact) mass is 529 g/mol. The Balaban J connectivity index is 1.30. The molecule has 0 bridgehead atoms. The van der Waals surface area contributed by atoms with Gasteiger partial charge in [-0.3, -0.25) is 4.98 Å². The lowest BCUT2D eigenvalue weighted by atomic mass is 10.2. The van der Waals surface area contributed by atoms with Crippen LogP contribution in [0.2, 0.25) is 0 Å². The molecule has 2 amide bonds. The summed E-state index contributed by atoms with van der Waals surface area (Å²) in [4.78, 5) is 23.3. The predicted molar refractivity (Wildman–Crippen MR) is 132 cm³/mol. The smallest absolute Gasteiger partial charge is 0.416 e. The number of nitrogens with one attached hydrogen (secondary N) is 2. The minimum absolute atomic E-state index is 0.176. The van der Waals surface area contributed by atoms with Crippen LogP contribution in [0, 0.1) is 11.6 Å².